The third-order valence-corrected chi connectivity index (χ3v) is 2.42. The van der Waals surface area contributed by atoms with Crippen LogP contribution in [0.4, 0.5) is 0 Å². The number of hydrogen-bond acceptors (Lipinski definition) is 1. The van der Waals surface area contributed by atoms with Gasteiger partial charge in [0.05, 0.1) is 0 Å². The summed E-state index contributed by atoms with van der Waals surface area (Å²) in [5.41, 5.74) is 1.29. The van der Waals surface area contributed by atoms with Gasteiger partial charge in [-0.05, 0) is 24.0 Å². The zero-order chi connectivity index (χ0) is 10.4. The standard InChI is InChI=1S/C13H18O/c1-4-10-14-13-9-7-6-8-12(13)11(3)5-2/h4,6-9,11H,1,5,10H2,2-3H3. The van der Waals surface area contributed by atoms with Gasteiger partial charge < -0.3 is 4.74 Å². The first-order chi connectivity index (χ1) is 6.79. The molecule has 0 radical (unpaired) electrons. The van der Waals surface area contributed by atoms with Crippen LogP contribution >= 0.6 is 0 Å². The van der Waals surface area contributed by atoms with Crippen molar-refractivity contribution in [2.45, 2.75) is 26.2 Å². The van der Waals surface area contributed by atoms with Crippen molar-refractivity contribution < 1.29 is 4.74 Å². The first-order valence-electron chi connectivity index (χ1n) is 5.12. The minimum atomic E-state index is 0.552. The first-order valence-corrected chi connectivity index (χ1v) is 5.12. The summed E-state index contributed by atoms with van der Waals surface area (Å²) in [5, 5.41) is 0. The van der Waals surface area contributed by atoms with E-state index in [1.165, 1.54) is 5.56 Å². The van der Waals surface area contributed by atoms with E-state index in [0.29, 0.717) is 12.5 Å². The molecule has 0 amide bonds. The van der Waals surface area contributed by atoms with Crippen LogP contribution in [0.1, 0.15) is 31.7 Å². The third kappa shape index (κ3) is 2.63. The molecule has 1 rings (SSSR count). The summed E-state index contributed by atoms with van der Waals surface area (Å²) >= 11 is 0. The summed E-state index contributed by atoms with van der Waals surface area (Å²) in [7, 11) is 0. The first kappa shape index (κ1) is 10.8. The van der Waals surface area contributed by atoms with Gasteiger partial charge in [-0.1, -0.05) is 44.7 Å². The van der Waals surface area contributed by atoms with Crippen molar-refractivity contribution in [3.63, 3.8) is 0 Å². The monoisotopic (exact) mass is 190 g/mol. The second-order valence-electron chi connectivity index (χ2n) is 3.45. The molecule has 0 fully saturated rings. The van der Waals surface area contributed by atoms with E-state index in [9.17, 15) is 0 Å². The maximum atomic E-state index is 5.59. The predicted octanol–water partition coefficient (Wildman–Crippen LogP) is 3.76. The van der Waals surface area contributed by atoms with Crippen molar-refractivity contribution in [3.8, 4) is 5.75 Å². The van der Waals surface area contributed by atoms with Crippen LogP contribution in [0.15, 0.2) is 36.9 Å². The Labute approximate surface area is 86.4 Å². The Morgan fingerprint density at radius 2 is 2.14 bits per heavy atom. The molecular weight excluding hydrogens is 172 g/mol. The molecule has 0 N–H and O–H groups in total. The lowest BCUT2D eigenvalue weighted by atomic mass is 9.98. The fourth-order valence-corrected chi connectivity index (χ4v) is 1.39. The lowest BCUT2D eigenvalue weighted by molar-refractivity contribution is 0.356. The van der Waals surface area contributed by atoms with Gasteiger partial charge in [0.25, 0.3) is 0 Å². The van der Waals surface area contributed by atoms with Crippen molar-refractivity contribution in [1.29, 1.82) is 0 Å². The molecule has 0 aliphatic rings. The SMILES string of the molecule is C=CCOc1ccccc1C(C)CC. The average molecular weight is 190 g/mol. The summed E-state index contributed by atoms with van der Waals surface area (Å²) in [6, 6.07) is 8.21. The molecule has 0 aliphatic carbocycles. The predicted molar refractivity (Wildman–Crippen MR) is 60.8 cm³/mol. The van der Waals surface area contributed by atoms with Crippen molar-refractivity contribution in [2.75, 3.05) is 6.61 Å². The molecule has 0 saturated carbocycles. The van der Waals surface area contributed by atoms with Gasteiger partial charge in [0, 0.05) is 0 Å². The summed E-state index contributed by atoms with van der Waals surface area (Å²) in [5.74, 6) is 1.54. The largest absolute Gasteiger partial charge is 0.489 e. The average Bonchev–Trinajstić information content (AvgIpc) is 2.25. The normalized spacial score (nSPS) is 12.1. The topological polar surface area (TPSA) is 9.23 Å². The highest BCUT2D eigenvalue weighted by Crippen LogP contribution is 2.28. The van der Waals surface area contributed by atoms with Gasteiger partial charge >= 0.3 is 0 Å². The number of hydrogen-bond donors (Lipinski definition) is 0. The Morgan fingerprint density at radius 3 is 2.79 bits per heavy atom. The fraction of sp³-hybridized carbons (Fsp3) is 0.385. The quantitative estimate of drug-likeness (QED) is 0.642. The van der Waals surface area contributed by atoms with Gasteiger partial charge in [-0.25, -0.2) is 0 Å². The molecule has 0 aromatic heterocycles. The van der Waals surface area contributed by atoms with Crippen molar-refractivity contribution in [3.05, 3.63) is 42.5 Å². The second-order valence-corrected chi connectivity index (χ2v) is 3.45. The molecule has 0 heterocycles. The Balaban J connectivity index is 2.84. The molecular formula is C13H18O. The Hall–Kier alpha value is -1.24. The summed E-state index contributed by atoms with van der Waals surface area (Å²) in [6.45, 7) is 8.63. The number of rotatable bonds is 5. The molecule has 14 heavy (non-hydrogen) atoms. The zero-order valence-corrected chi connectivity index (χ0v) is 8.99. The molecule has 0 aliphatic heterocycles. The van der Waals surface area contributed by atoms with Gasteiger partial charge in [-0.2, -0.15) is 0 Å². The lowest BCUT2D eigenvalue weighted by Crippen LogP contribution is -1.99. The summed E-state index contributed by atoms with van der Waals surface area (Å²) in [4.78, 5) is 0. The second kappa shape index (κ2) is 5.48. The van der Waals surface area contributed by atoms with Crippen LogP contribution in [0.3, 0.4) is 0 Å². The molecule has 1 unspecified atom stereocenters. The van der Waals surface area contributed by atoms with Crippen LogP contribution < -0.4 is 4.74 Å². The highest BCUT2D eigenvalue weighted by Gasteiger charge is 2.08. The number of benzene rings is 1. The van der Waals surface area contributed by atoms with Gasteiger partial charge in [0.15, 0.2) is 0 Å². The van der Waals surface area contributed by atoms with E-state index in [1.54, 1.807) is 6.08 Å². The number of para-hydroxylation sites is 1. The minimum Gasteiger partial charge on any atom is -0.489 e. The molecule has 1 aromatic carbocycles. The third-order valence-electron chi connectivity index (χ3n) is 2.42. The van der Waals surface area contributed by atoms with Crippen LogP contribution in [0, 0.1) is 0 Å². The zero-order valence-electron chi connectivity index (χ0n) is 8.99. The Kier molecular flexibility index (Phi) is 4.24. The molecule has 1 nitrogen and oxygen atoms in total. The molecule has 76 valence electrons. The van der Waals surface area contributed by atoms with Crippen molar-refractivity contribution >= 4 is 0 Å². The van der Waals surface area contributed by atoms with Crippen molar-refractivity contribution in [1.82, 2.24) is 0 Å². The molecule has 1 atom stereocenters. The smallest absolute Gasteiger partial charge is 0.123 e. The Bertz CT molecular complexity index is 291. The van der Waals surface area contributed by atoms with Crippen LogP contribution in [0.25, 0.3) is 0 Å². The maximum absolute atomic E-state index is 5.59. The van der Waals surface area contributed by atoms with Gasteiger partial charge in [-0.3, -0.25) is 0 Å². The maximum Gasteiger partial charge on any atom is 0.123 e. The molecule has 0 spiro atoms. The lowest BCUT2D eigenvalue weighted by Gasteiger charge is -2.14. The van der Waals surface area contributed by atoms with Gasteiger partial charge in [-0.15, -0.1) is 0 Å². The van der Waals surface area contributed by atoms with E-state index >= 15 is 0 Å². The van der Waals surface area contributed by atoms with E-state index < -0.39 is 0 Å². The van der Waals surface area contributed by atoms with Crippen LogP contribution in [0.2, 0.25) is 0 Å². The van der Waals surface area contributed by atoms with Crippen LogP contribution in [0.5, 0.6) is 5.75 Å². The van der Waals surface area contributed by atoms with E-state index in [2.05, 4.69) is 32.6 Å². The molecule has 0 saturated heterocycles. The van der Waals surface area contributed by atoms with Gasteiger partial charge in [0.2, 0.25) is 0 Å². The van der Waals surface area contributed by atoms with E-state index in [-0.39, 0.29) is 0 Å². The molecule has 1 aromatic rings. The van der Waals surface area contributed by atoms with Crippen molar-refractivity contribution in [2.24, 2.45) is 0 Å². The van der Waals surface area contributed by atoms with E-state index in [0.717, 1.165) is 12.2 Å². The highest BCUT2D eigenvalue weighted by molar-refractivity contribution is 5.35. The van der Waals surface area contributed by atoms with Crippen LogP contribution in [-0.2, 0) is 0 Å². The minimum absolute atomic E-state index is 0.552. The van der Waals surface area contributed by atoms with E-state index in [1.807, 2.05) is 12.1 Å². The van der Waals surface area contributed by atoms with Crippen LogP contribution in [-0.4, -0.2) is 6.61 Å². The fourth-order valence-electron chi connectivity index (χ4n) is 1.39. The summed E-state index contributed by atoms with van der Waals surface area (Å²) in [6.07, 6.45) is 2.90. The number of ether oxygens (including phenoxy) is 1. The Morgan fingerprint density at radius 1 is 1.43 bits per heavy atom. The van der Waals surface area contributed by atoms with E-state index in [4.69, 9.17) is 4.74 Å². The molecule has 1 heteroatoms. The summed E-state index contributed by atoms with van der Waals surface area (Å²) < 4.78 is 5.59. The molecule has 0 bridgehead atoms. The van der Waals surface area contributed by atoms with Gasteiger partial charge in [0.1, 0.15) is 12.4 Å². The highest BCUT2D eigenvalue weighted by atomic mass is 16.5.